The highest BCUT2D eigenvalue weighted by atomic mass is 16.5. The van der Waals surface area contributed by atoms with Gasteiger partial charge in [0.05, 0.1) is 19.4 Å². The van der Waals surface area contributed by atoms with E-state index in [-0.39, 0.29) is 6.03 Å². The van der Waals surface area contributed by atoms with Crippen molar-refractivity contribution in [2.45, 2.75) is 13.5 Å². The van der Waals surface area contributed by atoms with Gasteiger partial charge in [-0.1, -0.05) is 12.1 Å². The molecule has 154 valence electrons. The Hall–Kier alpha value is -2.38. The zero-order valence-electron chi connectivity index (χ0n) is 17.0. The molecule has 7 heteroatoms. The van der Waals surface area contributed by atoms with Crippen molar-refractivity contribution in [1.82, 2.24) is 19.6 Å². The average Bonchev–Trinajstić information content (AvgIpc) is 3.43. The molecule has 0 N–H and O–H groups in total. The zero-order chi connectivity index (χ0) is 19.8. The molecule has 3 fully saturated rings. The molecule has 1 aromatic heterocycles. The van der Waals surface area contributed by atoms with Gasteiger partial charge in [-0.2, -0.15) is 9.78 Å². The summed E-state index contributed by atoms with van der Waals surface area (Å²) in [4.78, 5) is 19.5. The van der Waals surface area contributed by atoms with Gasteiger partial charge >= 0.3 is 6.03 Å². The Labute approximate surface area is 171 Å². The van der Waals surface area contributed by atoms with Crippen molar-refractivity contribution in [2.24, 2.45) is 11.8 Å². The lowest BCUT2D eigenvalue weighted by Crippen LogP contribution is -2.36. The summed E-state index contributed by atoms with van der Waals surface area (Å²) in [6, 6.07) is 9.01. The van der Waals surface area contributed by atoms with Crippen molar-refractivity contribution in [1.29, 1.82) is 0 Å². The van der Waals surface area contributed by atoms with Gasteiger partial charge < -0.3 is 14.5 Å². The van der Waals surface area contributed by atoms with Crippen molar-refractivity contribution < 1.29 is 9.53 Å². The molecule has 3 aliphatic rings. The number of aryl methyl sites for hydroxylation is 1. The minimum Gasteiger partial charge on any atom is -0.378 e. The first-order chi connectivity index (χ1) is 14.2. The monoisotopic (exact) mass is 395 g/mol. The molecule has 5 rings (SSSR count). The minimum absolute atomic E-state index is 0.0118. The lowest BCUT2D eigenvalue weighted by molar-refractivity contribution is 0.122. The maximum absolute atomic E-state index is 12.6. The summed E-state index contributed by atoms with van der Waals surface area (Å²) < 4.78 is 6.92. The molecule has 0 radical (unpaired) electrons. The molecular formula is C22H29N5O2. The van der Waals surface area contributed by atoms with Crippen LogP contribution in [0.5, 0.6) is 0 Å². The smallest absolute Gasteiger partial charge is 0.344 e. The van der Waals surface area contributed by atoms with Gasteiger partial charge in [-0.05, 0) is 42.0 Å². The van der Waals surface area contributed by atoms with E-state index < -0.39 is 0 Å². The number of likely N-dealkylation sites (tertiary alicyclic amines) is 2. The minimum atomic E-state index is 0.0118. The van der Waals surface area contributed by atoms with Crippen molar-refractivity contribution in [3.8, 4) is 0 Å². The highest BCUT2D eigenvalue weighted by Gasteiger charge is 2.41. The second kappa shape index (κ2) is 7.80. The Morgan fingerprint density at radius 3 is 2.38 bits per heavy atom. The van der Waals surface area contributed by atoms with Crippen LogP contribution in [0, 0.1) is 18.8 Å². The van der Waals surface area contributed by atoms with Gasteiger partial charge in [-0.15, -0.1) is 0 Å². The Morgan fingerprint density at radius 2 is 1.76 bits per heavy atom. The number of aromatic nitrogens is 2. The molecule has 0 saturated carbocycles. The molecule has 0 spiro atoms. The number of hydrogen-bond donors (Lipinski definition) is 0. The third-order valence-corrected chi connectivity index (χ3v) is 6.46. The van der Waals surface area contributed by atoms with Crippen LogP contribution < -0.4 is 4.90 Å². The average molecular weight is 396 g/mol. The quantitative estimate of drug-likeness (QED) is 0.796. The summed E-state index contributed by atoms with van der Waals surface area (Å²) in [6.45, 7) is 10.4. The maximum Gasteiger partial charge on any atom is 0.344 e. The first-order valence-corrected chi connectivity index (χ1v) is 10.6. The number of hydrogen-bond acceptors (Lipinski definition) is 5. The van der Waals surface area contributed by atoms with E-state index in [0.717, 1.165) is 64.6 Å². The van der Waals surface area contributed by atoms with Crippen LogP contribution in [0.2, 0.25) is 0 Å². The Kier molecular flexibility index (Phi) is 5.01. The van der Waals surface area contributed by atoms with Crippen LogP contribution in [0.1, 0.15) is 11.1 Å². The number of nitrogens with zero attached hydrogens (tertiary/aromatic N) is 5. The number of ether oxygens (including phenoxy) is 1. The van der Waals surface area contributed by atoms with Gasteiger partial charge in [0, 0.05) is 57.7 Å². The van der Waals surface area contributed by atoms with E-state index in [0.29, 0.717) is 11.8 Å². The van der Waals surface area contributed by atoms with Crippen molar-refractivity contribution in [3.63, 3.8) is 0 Å². The van der Waals surface area contributed by atoms with Gasteiger partial charge in [0.25, 0.3) is 0 Å². The molecule has 2 aromatic rings. The number of carbonyl (C=O) groups is 1. The van der Waals surface area contributed by atoms with Crippen LogP contribution in [0.15, 0.2) is 36.7 Å². The van der Waals surface area contributed by atoms with Gasteiger partial charge in [0.15, 0.2) is 0 Å². The normalized spacial score (nSPS) is 24.9. The predicted octanol–water partition coefficient (Wildman–Crippen LogP) is 2.06. The molecule has 3 saturated heterocycles. The van der Waals surface area contributed by atoms with Gasteiger partial charge in [-0.3, -0.25) is 4.90 Å². The van der Waals surface area contributed by atoms with Gasteiger partial charge in [0.1, 0.15) is 0 Å². The summed E-state index contributed by atoms with van der Waals surface area (Å²) >= 11 is 0. The summed E-state index contributed by atoms with van der Waals surface area (Å²) in [5.41, 5.74) is 3.67. The van der Waals surface area contributed by atoms with Crippen LogP contribution in [-0.4, -0.2) is 78.1 Å². The molecule has 7 nitrogen and oxygen atoms in total. The number of carbonyl (C=O) groups excluding carboxylic acids is 1. The highest BCUT2D eigenvalue weighted by molar-refractivity contribution is 5.76. The first kappa shape index (κ1) is 18.6. The third kappa shape index (κ3) is 3.89. The lowest BCUT2D eigenvalue weighted by atomic mass is 10.0. The lowest BCUT2D eigenvalue weighted by Gasteiger charge is -2.29. The fraction of sp³-hybridized carbons (Fsp3) is 0.545. The molecule has 1 amide bonds. The molecule has 1 aromatic carbocycles. The van der Waals surface area contributed by atoms with E-state index in [1.54, 1.807) is 6.20 Å². The van der Waals surface area contributed by atoms with E-state index in [1.807, 2.05) is 18.0 Å². The van der Waals surface area contributed by atoms with Gasteiger partial charge in [0.2, 0.25) is 0 Å². The second-order valence-corrected chi connectivity index (χ2v) is 8.63. The zero-order valence-corrected chi connectivity index (χ0v) is 17.0. The summed E-state index contributed by atoms with van der Waals surface area (Å²) in [5.74, 6) is 1.14. The molecule has 0 aliphatic carbocycles. The molecule has 3 aliphatic heterocycles. The SMILES string of the molecule is Cc1cnn(C(=O)N2CC3CN(Cc4ccc(N5CCOCC5)cc4)CC3C2)c1. The summed E-state index contributed by atoms with van der Waals surface area (Å²) in [7, 11) is 0. The fourth-order valence-electron chi connectivity index (χ4n) is 4.93. The Balaban J connectivity index is 1.14. The number of anilines is 1. The summed E-state index contributed by atoms with van der Waals surface area (Å²) in [6.07, 6.45) is 3.55. The largest absolute Gasteiger partial charge is 0.378 e. The van der Waals surface area contributed by atoms with E-state index >= 15 is 0 Å². The number of benzene rings is 1. The Bertz CT molecular complexity index is 844. The van der Waals surface area contributed by atoms with Crippen LogP contribution in [0.3, 0.4) is 0 Å². The molecular weight excluding hydrogens is 366 g/mol. The van der Waals surface area contributed by atoms with Crippen molar-refractivity contribution in [3.05, 3.63) is 47.8 Å². The molecule has 2 unspecified atom stereocenters. The van der Waals surface area contributed by atoms with Crippen LogP contribution >= 0.6 is 0 Å². The van der Waals surface area contributed by atoms with Crippen LogP contribution in [0.4, 0.5) is 10.5 Å². The fourth-order valence-corrected chi connectivity index (χ4v) is 4.93. The number of fused-ring (bicyclic) bond motifs is 1. The third-order valence-electron chi connectivity index (χ3n) is 6.46. The van der Waals surface area contributed by atoms with Gasteiger partial charge in [-0.25, -0.2) is 4.79 Å². The number of rotatable bonds is 3. The summed E-state index contributed by atoms with van der Waals surface area (Å²) in [5, 5.41) is 4.17. The van der Waals surface area contributed by atoms with Crippen LogP contribution in [-0.2, 0) is 11.3 Å². The topological polar surface area (TPSA) is 53.8 Å². The van der Waals surface area contributed by atoms with Crippen LogP contribution in [0.25, 0.3) is 0 Å². The molecule has 4 heterocycles. The highest BCUT2D eigenvalue weighted by Crippen LogP contribution is 2.32. The predicted molar refractivity (Wildman–Crippen MR) is 111 cm³/mol. The standard InChI is InChI=1S/C22H29N5O2/c1-17-10-23-27(11-17)22(28)26-15-19-13-24(14-20(19)16-26)12-18-2-4-21(5-3-18)25-6-8-29-9-7-25/h2-5,10-11,19-20H,6-9,12-16H2,1H3. The molecule has 29 heavy (non-hydrogen) atoms. The molecule has 0 bridgehead atoms. The second-order valence-electron chi connectivity index (χ2n) is 8.63. The number of amides is 1. The van der Waals surface area contributed by atoms with E-state index in [1.165, 1.54) is 15.9 Å². The first-order valence-electron chi connectivity index (χ1n) is 10.6. The van der Waals surface area contributed by atoms with E-state index in [4.69, 9.17) is 4.74 Å². The van der Waals surface area contributed by atoms with Crippen molar-refractivity contribution in [2.75, 3.05) is 57.4 Å². The van der Waals surface area contributed by atoms with Crippen molar-refractivity contribution >= 4 is 11.7 Å². The van der Waals surface area contributed by atoms with E-state index in [9.17, 15) is 4.79 Å². The van der Waals surface area contributed by atoms with E-state index in [2.05, 4.69) is 39.2 Å². The maximum atomic E-state index is 12.6. The molecule has 2 atom stereocenters. The Morgan fingerprint density at radius 1 is 1.07 bits per heavy atom. The number of morpholine rings is 1.